The number of carbonyl (C=O) groups is 2. The molecule has 0 spiro atoms. The van der Waals surface area contributed by atoms with Crippen molar-refractivity contribution in [2.75, 3.05) is 27.4 Å². The van der Waals surface area contributed by atoms with Crippen molar-refractivity contribution in [1.29, 1.82) is 0 Å². The largest absolute Gasteiger partial charge is 0.508 e. The number of Topliss-reactive ketones (excluding diaryl/α,β-unsaturated/α-hetero) is 1. The predicted octanol–water partition coefficient (Wildman–Crippen LogP) is 3.95. The van der Waals surface area contributed by atoms with E-state index >= 15 is 0 Å². The second kappa shape index (κ2) is 10.1. The van der Waals surface area contributed by atoms with Crippen LogP contribution in [0, 0.1) is 0 Å². The number of benzene rings is 2. The Hall–Kier alpha value is -3.58. The lowest BCUT2D eigenvalue weighted by atomic mass is 9.71. The van der Waals surface area contributed by atoms with Crippen LogP contribution in [0.4, 0.5) is 0 Å². The monoisotopic (exact) mass is 463 g/mol. The maximum absolute atomic E-state index is 13.6. The highest BCUT2D eigenvalue weighted by Gasteiger charge is 2.42. The Morgan fingerprint density at radius 3 is 2.44 bits per heavy atom. The molecule has 2 aliphatic rings. The Bertz CT molecular complexity index is 1170. The van der Waals surface area contributed by atoms with Gasteiger partial charge in [0.15, 0.2) is 5.78 Å². The molecule has 2 atom stereocenters. The third-order valence-corrected chi connectivity index (χ3v) is 6.39. The summed E-state index contributed by atoms with van der Waals surface area (Å²) >= 11 is 0. The van der Waals surface area contributed by atoms with Crippen LogP contribution >= 0.6 is 0 Å². The number of para-hydroxylation sites is 2. The van der Waals surface area contributed by atoms with Crippen LogP contribution in [-0.4, -0.2) is 44.3 Å². The number of methoxy groups -OCH3 is 2. The molecule has 0 amide bonds. The van der Waals surface area contributed by atoms with Gasteiger partial charge in [-0.3, -0.25) is 4.79 Å². The molecule has 2 aromatic carbocycles. The molecule has 0 aromatic heterocycles. The first kappa shape index (κ1) is 23.6. The summed E-state index contributed by atoms with van der Waals surface area (Å²) in [4.78, 5) is 26.7. The average Bonchev–Trinajstić information content (AvgIpc) is 2.83. The Morgan fingerprint density at radius 1 is 1.03 bits per heavy atom. The molecule has 34 heavy (non-hydrogen) atoms. The molecule has 0 bridgehead atoms. The molecular formula is C27H29NO6. The van der Waals surface area contributed by atoms with Crippen molar-refractivity contribution in [2.24, 2.45) is 0 Å². The zero-order chi connectivity index (χ0) is 24.2. The first-order chi connectivity index (χ1) is 16.5. The molecule has 178 valence electrons. The van der Waals surface area contributed by atoms with Crippen molar-refractivity contribution < 1.29 is 28.9 Å². The van der Waals surface area contributed by atoms with E-state index in [1.165, 1.54) is 7.11 Å². The molecule has 2 aromatic rings. The maximum atomic E-state index is 13.6. The predicted molar refractivity (Wildman–Crippen MR) is 127 cm³/mol. The fourth-order valence-electron chi connectivity index (χ4n) is 4.87. The van der Waals surface area contributed by atoms with Crippen LogP contribution in [0.1, 0.15) is 42.7 Å². The minimum absolute atomic E-state index is 0.0240. The molecule has 0 saturated carbocycles. The van der Waals surface area contributed by atoms with E-state index in [0.29, 0.717) is 28.8 Å². The third-order valence-electron chi connectivity index (χ3n) is 6.39. The molecule has 0 radical (unpaired) electrons. The Morgan fingerprint density at radius 2 is 1.74 bits per heavy atom. The number of phenols is 1. The van der Waals surface area contributed by atoms with E-state index in [0.717, 1.165) is 17.0 Å². The molecule has 1 aliphatic carbocycles. The van der Waals surface area contributed by atoms with Crippen LogP contribution in [0.3, 0.4) is 0 Å². The summed E-state index contributed by atoms with van der Waals surface area (Å²) in [6.45, 7) is 2.15. The summed E-state index contributed by atoms with van der Waals surface area (Å²) < 4.78 is 15.9. The van der Waals surface area contributed by atoms with Crippen molar-refractivity contribution in [3.05, 3.63) is 82.2 Å². The molecule has 1 aliphatic heterocycles. The van der Waals surface area contributed by atoms with Gasteiger partial charge in [0.05, 0.1) is 25.2 Å². The van der Waals surface area contributed by atoms with Crippen molar-refractivity contribution in [1.82, 2.24) is 5.32 Å². The Labute approximate surface area is 199 Å². The SMILES string of the molecule is COCCOC(=O)C1=C(C)NC2=C(C(=O)CC(c3ccccc3OC)C2)C1c1ccccc1O. The van der Waals surface area contributed by atoms with Gasteiger partial charge >= 0.3 is 5.97 Å². The van der Waals surface area contributed by atoms with E-state index in [9.17, 15) is 14.7 Å². The average molecular weight is 464 g/mol. The van der Waals surface area contributed by atoms with E-state index < -0.39 is 11.9 Å². The minimum atomic E-state index is -0.724. The third kappa shape index (κ3) is 4.43. The number of aromatic hydroxyl groups is 1. The second-order valence-corrected chi connectivity index (χ2v) is 8.45. The first-order valence-electron chi connectivity index (χ1n) is 11.3. The normalized spacial score (nSPS) is 20.0. The van der Waals surface area contributed by atoms with Gasteiger partial charge < -0.3 is 24.6 Å². The molecule has 0 fully saturated rings. The quantitative estimate of drug-likeness (QED) is 0.474. The number of nitrogens with one attached hydrogen (secondary N) is 1. The molecule has 1 heterocycles. The smallest absolute Gasteiger partial charge is 0.336 e. The Balaban J connectivity index is 1.77. The van der Waals surface area contributed by atoms with Gasteiger partial charge in [0.2, 0.25) is 0 Å². The fourth-order valence-corrected chi connectivity index (χ4v) is 4.87. The standard InChI is InChI=1S/C27H29NO6/c1-16-24(27(31)34-13-12-32-2)25(19-9-4-6-10-21(19)29)26-20(28-16)14-17(15-22(26)30)18-8-5-7-11-23(18)33-3/h4-11,17,25,28-29H,12-15H2,1-3H3. The minimum Gasteiger partial charge on any atom is -0.508 e. The maximum Gasteiger partial charge on any atom is 0.336 e. The van der Waals surface area contributed by atoms with E-state index in [2.05, 4.69) is 5.32 Å². The molecule has 7 nitrogen and oxygen atoms in total. The van der Waals surface area contributed by atoms with Crippen molar-refractivity contribution in [3.8, 4) is 11.5 Å². The number of rotatable bonds is 7. The highest BCUT2D eigenvalue weighted by atomic mass is 16.6. The molecule has 7 heteroatoms. The number of hydrogen-bond donors (Lipinski definition) is 2. The zero-order valence-electron chi connectivity index (χ0n) is 19.6. The molecule has 2 unspecified atom stereocenters. The van der Waals surface area contributed by atoms with Crippen LogP contribution in [-0.2, 0) is 19.1 Å². The van der Waals surface area contributed by atoms with Crippen molar-refractivity contribution in [2.45, 2.75) is 31.6 Å². The number of dihydropyridines is 1. The number of allylic oxidation sites excluding steroid dienone is 3. The summed E-state index contributed by atoms with van der Waals surface area (Å²) in [5, 5.41) is 14.0. The fraction of sp³-hybridized carbons (Fsp3) is 0.333. The van der Waals surface area contributed by atoms with Gasteiger partial charge in [0, 0.05) is 42.0 Å². The first-order valence-corrected chi connectivity index (χ1v) is 11.3. The van der Waals surface area contributed by atoms with Gasteiger partial charge in [-0.25, -0.2) is 4.79 Å². The molecular weight excluding hydrogens is 434 g/mol. The topological polar surface area (TPSA) is 94.1 Å². The summed E-state index contributed by atoms with van der Waals surface area (Å²) in [6.07, 6.45) is 0.852. The van der Waals surface area contributed by atoms with E-state index in [1.54, 1.807) is 38.3 Å². The highest BCUT2D eigenvalue weighted by molar-refractivity contribution is 6.04. The highest BCUT2D eigenvalue weighted by Crippen LogP contribution is 2.48. The van der Waals surface area contributed by atoms with E-state index in [4.69, 9.17) is 14.2 Å². The van der Waals surface area contributed by atoms with Gasteiger partial charge in [-0.1, -0.05) is 36.4 Å². The van der Waals surface area contributed by atoms with Gasteiger partial charge in [0.1, 0.15) is 18.1 Å². The van der Waals surface area contributed by atoms with Crippen molar-refractivity contribution >= 4 is 11.8 Å². The number of hydrogen-bond acceptors (Lipinski definition) is 7. The summed E-state index contributed by atoms with van der Waals surface area (Å²) in [5.41, 5.74) is 3.64. The van der Waals surface area contributed by atoms with Crippen LogP contribution in [0.25, 0.3) is 0 Å². The van der Waals surface area contributed by atoms with Crippen LogP contribution in [0.2, 0.25) is 0 Å². The summed E-state index contributed by atoms with van der Waals surface area (Å²) in [6, 6.07) is 14.5. The van der Waals surface area contributed by atoms with Crippen LogP contribution in [0.5, 0.6) is 11.5 Å². The number of ether oxygens (including phenoxy) is 3. The molecule has 0 saturated heterocycles. The van der Waals surface area contributed by atoms with E-state index in [1.807, 2.05) is 24.3 Å². The van der Waals surface area contributed by atoms with Gasteiger partial charge in [-0.05, 0) is 31.0 Å². The van der Waals surface area contributed by atoms with Crippen molar-refractivity contribution in [3.63, 3.8) is 0 Å². The lowest BCUT2D eigenvalue weighted by Crippen LogP contribution is -2.36. The summed E-state index contributed by atoms with van der Waals surface area (Å²) in [5.74, 6) is -0.640. The number of phenolic OH excluding ortho intramolecular Hbond substituents is 1. The summed E-state index contributed by atoms with van der Waals surface area (Å²) in [7, 11) is 3.15. The van der Waals surface area contributed by atoms with Crippen LogP contribution in [0.15, 0.2) is 71.1 Å². The number of esters is 1. The van der Waals surface area contributed by atoms with Crippen LogP contribution < -0.4 is 10.1 Å². The van der Waals surface area contributed by atoms with Gasteiger partial charge in [0.25, 0.3) is 0 Å². The van der Waals surface area contributed by atoms with Gasteiger partial charge in [-0.15, -0.1) is 0 Å². The van der Waals surface area contributed by atoms with E-state index in [-0.39, 0.29) is 37.1 Å². The lowest BCUT2D eigenvalue weighted by molar-refractivity contribution is -0.140. The second-order valence-electron chi connectivity index (χ2n) is 8.45. The number of carbonyl (C=O) groups excluding carboxylic acids is 2. The lowest BCUT2D eigenvalue weighted by Gasteiger charge is -2.37. The Kier molecular flexibility index (Phi) is 7.03. The molecule has 4 rings (SSSR count). The number of ketones is 1. The zero-order valence-corrected chi connectivity index (χ0v) is 19.6. The van der Waals surface area contributed by atoms with Gasteiger partial charge in [-0.2, -0.15) is 0 Å². The molecule has 2 N–H and O–H groups in total.